The summed E-state index contributed by atoms with van der Waals surface area (Å²) in [6, 6.07) is 0. The van der Waals surface area contributed by atoms with Crippen LogP contribution in [0.4, 0.5) is 0 Å². The Hall–Kier alpha value is -0.850. The minimum Gasteiger partial charge on any atom is -0.262 e. The Labute approximate surface area is 70.5 Å². The summed E-state index contributed by atoms with van der Waals surface area (Å²) >= 11 is 0. The number of aliphatic imine (C=N–C) groups is 1. The van der Waals surface area contributed by atoms with Crippen LogP contribution in [-0.4, -0.2) is 5.71 Å². The average Bonchev–Trinajstić information content (AvgIpc) is 2.05. The summed E-state index contributed by atoms with van der Waals surface area (Å²) in [5.74, 6) is 0. The van der Waals surface area contributed by atoms with Crippen molar-refractivity contribution in [1.82, 2.24) is 0 Å². The molecule has 0 amide bonds. The first-order valence-electron chi connectivity index (χ1n) is 4.13. The zero-order chi connectivity index (χ0) is 9.11. The van der Waals surface area contributed by atoms with Gasteiger partial charge in [0.1, 0.15) is 0 Å². The minimum atomic E-state index is 1.01. The number of hydrogen-bond donors (Lipinski definition) is 0. The molecule has 0 heterocycles. The molecule has 0 saturated carbocycles. The maximum Gasteiger partial charge on any atom is 0.0369 e. The largest absolute Gasteiger partial charge is 0.262 e. The van der Waals surface area contributed by atoms with Crippen molar-refractivity contribution < 1.29 is 0 Å². The molecular formula is C10H19N. The third-order valence-corrected chi connectivity index (χ3v) is 0.890. The number of rotatable bonds is 3. The normalized spacial score (nSPS) is 10.7. The van der Waals surface area contributed by atoms with Gasteiger partial charge < -0.3 is 0 Å². The van der Waals surface area contributed by atoms with Crippen molar-refractivity contribution in [3.05, 3.63) is 24.9 Å². The van der Waals surface area contributed by atoms with Crippen LogP contribution in [0, 0.1) is 0 Å². The molecule has 0 unspecified atom stereocenters. The first kappa shape index (κ1) is 12.8. The quantitative estimate of drug-likeness (QED) is 0.549. The maximum atomic E-state index is 3.96. The van der Waals surface area contributed by atoms with Gasteiger partial charge in [-0.15, -0.1) is 0 Å². The highest BCUT2D eigenvalue weighted by Gasteiger charge is 1.75. The van der Waals surface area contributed by atoms with E-state index in [9.17, 15) is 0 Å². The second-order valence-electron chi connectivity index (χ2n) is 1.76. The summed E-state index contributed by atoms with van der Waals surface area (Å²) in [6.45, 7) is 11.5. The molecule has 1 heteroatoms. The number of nitrogens with zero attached hydrogens (tertiary/aromatic N) is 1. The fraction of sp³-hybridized carbons (Fsp3) is 0.500. The standard InChI is InChI=1S/C8H13N.C2H6/c1-4-6-7-8(3)9-5-2;1-2/h5-7H,2,4H2,1,3H3;1-2H3/b7-6-,9-8?;. The highest BCUT2D eigenvalue weighted by atomic mass is 14.7. The molecule has 64 valence electrons. The van der Waals surface area contributed by atoms with E-state index in [0.29, 0.717) is 0 Å². The number of hydrogen-bond acceptors (Lipinski definition) is 1. The molecule has 0 aliphatic rings. The summed E-state index contributed by atoms with van der Waals surface area (Å²) in [5.41, 5.74) is 1.01. The van der Waals surface area contributed by atoms with Crippen molar-refractivity contribution in [3.63, 3.8) is 0 Å². The molecule has 0 rings (SSSR count). The van der Waals surface area contributed by atoms with Gasteiger partial charge in [-0.05, 0) is 19.4 Å². The van der Waals surface area contributed by atoms with Crippen LogP contribution in [0.25, 0.3) is 0 Å². The molecule has 0 bridgehead atoms. The van der Waals surface area contributed by atoms with Gasteiger partial charge in [-0.25, -0.2) is 0 Å². The van der Waals surface area contributed by atoms with Gasteiger partial charge in [0.15, 0.2) is 0 Å². The Morgan fingerprint density at radius 2 is 2.00 bits per heavy atom. The molecule has 1 nitrogen and oxygen atoms in total. The minimum absolute atomic E-state index is 1.01. The smallest absolute Gasteiger partial charge is 0.0369 e. The van der Waals surface area contributed by atoms with Crippen LogP contribution in [0.15, 0.2) is 29.9 Å². The van der Waals surface area contributed by atoms with E-state index in [0.717, 1.165) is 12.1 Å². The molecule has 0 aromatic carbocycles. The maximum absolute atomic E-state index is 3.96. The van der Waals surface area contributed by atoms with E-state index in [-0.39, 0.29) is 0 Å². The van der Waals surface area contributed by atoms with E-state index in [1.54, 1.807) is 6.20 Å². The Morgan fingerprint density at radius 1 is 1.45 bits per heavy atom. The van der Waals surface area contributed by atoms with Gasteiger partial charge in [0, 0.05) is 11.9 Å². The molecule has 0 saturated heterocycles. The van der Waals surface area contributed by atoms with Crippen molar-refractivity contribution in [3.8, 4) is 0 Å². The fourth-order valence-corrected chi connectivity index (χ4v) is 0.475. The van der Waals surface area contributed by atoms with Gasteiger partial charge in [-0.3, -0.25) is 4.99 Å². The van der Waals surface area contributed by atoms with E-state index >= 15 is 0 Å². The molecule has 0 aliphatic heterocycles. The molecular weight excluding hydrogens is 134 g/mol. The van der Waals surface area contributed by atoms with Crippen LogP contribution >= 0.6 is 0 Å². The van der Waals surface area contributed by atoms with E-state index in [2.05, 4.69) is 24.6 Å². The third-order valence-electron chi connectivity index (χ3n) is 0.890. The molecule has 0 spiro atoms. The SMILES string of the molecule is C=CN=C(C)/C=C\CC.CC. The van der Waals surface area contributed by atoms with E-state index in [1.807, 2.05) is 26.8 Å². The molecule has 11 heavy (non-hydrogen) atoms. The summed E-state index contributed by atoms with van der Waals surface area (Å²) in [6.07, 6.45) is 6.67. The Kier molecular flexibility index (Phi) is 13.8. The van der Waals surface area contributed by atoms with Crippen LogP contribution < -0.4 is 0 Å². The van der Waals surface area contributed by atoms with Crippen LogP contribution in [-0.2, 0) is 0 Å². The van der Waals surface area contributed by atoms with Crippen LogP contribution in [0.2, 0.25) is 0 Å². The van der Waals surface area contributed by atoms with Gasteiger partial charge in [-0.2, -0.15) is 0 Å². The Bertz CT molecular complexity index is 132. The van der Waals surface area contributed by atoms with Crippen molar-refractivity contribution in [2.75, 3.05) is 0 Å². The van der Waals surface area contributed by atoms with Crippen LogP contribution in [0.3, 0.4) is 0 Å². The van der Waals surface area contributed by atoms with Crippen LogP contribution in [0.1, 0.15) is 34.1 Å². The van der Waals surface area contributed by atoms with Gasteiger partial charge >= 0.3 is 0 Å². The van der Waals surface area contributed by atoms with Crippen molar-refractivity contribution >= 4 is 5.71 Å². The van der Waals surface area contributed by atoms with Crippen molar-refractivity contribution in [2.45, 2.75) is 34.1 Å². The monoisotopic (exact) mass is 153 g/mol. The highest BCUT2D eigenvalue weighted by Crippen LogP contribution is 1.84. The van der Waals surface area contributed by atoms with Gasteiger partial charge in [0.2, 0.25) is 0 Å². The second-order valence-corrected chi connectivity index (χ2v) is 1.76. The zero-order valence-electron chi connectivity index (χ0n) is 8.09. The van der Waals surface area contributed by atoms with Crippen molar-refractivity contribution in [1.29, 1.82) is 0 Å². The lowest BCUT2D eigenvalue weighted by Crippen LogP contribution is -1.80. The molecule has 0 N–H and O–H groups in total. The highest BCUT2D eigenvalue weighted by molar-refractivity contribution is 5.93. The zero-order valence-corrected chi connectivity index (χ0v) is 8.09. The molecule has 0 aliphatic carbocycles. The molecule has 0 fully saturated rings. The van der Waals surface area contributed by atoms with Gasteiger partial charge in [0.05, 0.1) is 0 Å². The first-order valence-corrected chi connectivity index (χ1v) is 4.13. The molecule has 0 atom stereocenters. The van der Waals surface area contributed by atoms with Gasteiger partial charge in [0.25, 0.3) is 0 Å². The lowest BCUT2D eigenvalue weighted by molar-refractivity contribution is 1.23. The second kappa shape index (κ2) is 11.9. The predicted octanol–water partition coefficient (Wildman–Crippen LogP) is 3.58. The summed E-state index contributed by atoms with van der Waals surface area (Å²) in [5, 5.41) is 0. The fourth-order valence-electron chi connectivity index (χ4n) is 0.475. The number of allylic oxidation sites excluding steroid dienone is 2. The predicted molar refractivity (Wildman–Crippen MR) is 54.1 cm³/mol. The van der Waals surface area contributed by atoms with Crippen molar-refractivity contribution in [2.24, 2.45) is 4.99 Å². The molecule has 0 aromatic rings. The lowest BCUT2D eigenvalue weighted by atomic mass is 10.3. The summed E-state index contributed by atoms with van der Waals surface area (Å²) in [4.78, 5) is 3.96. The molecule has 0 aromatic heterocycles. The average molecular weight is 153 g/mol. The van der Waals surface area contributed by atoms with E-state index in [4.69, 9.17) is 0 Å². The topological polar surface area (TPSA) is 12.4 Å². The Balaban J connectivity index is 0. The third kappa shape index (κ3) is 12.4. The summed E-state index contributed by atoms with van der Waals surface area (Å²) < 4.78 is 0. The first-order chi connectivity index (χ1) is 5.31. The van der Waals surface area contributed by atoms with E-state index in [1.165, 1.54) is 0 Å². The Morgan fingerprint density at radius 3 is 2.36 bits per heavy atom. The van der Waals surface area contributed by atoms with E-state index < -0.39 is 0 Å². The molecule has 0 radical (unpaired) electrons. The summed E-state index contributed by atoms with van der Waals surface area (Å²) in [7, 11) is 0. The lowest BCUT2D eigenvalue weighted by Gasteiger charge is -1.84. The van der Waals surface area contributed by atoms with Gasteiger partial charge in [-0.1, -0.05) is 33.4 Å². The van der Waals surface area contributed by atoms with Crippen LogP contribution in [0.5, 0.6) is 0 Å².